The lowest BCUT2D eigenvalue weighted by atomic mass is 9.87. The maximum Gasteiger partial charge on any atom is 0.331 e. The molecule has 0 atom stereocenters. The van der Waals surface area contributed by atoms with Gasteiger partial charge in [0.25, 0.3) is 5.56 Å². The Morgan fingerprint density at radius 1 is 1.08 bits per heavy atom. The molecule has 1 heterocycles. The van der Waals surface area contributed by atoms with Crippen LogP contribution in [-0.2, 0) is 13.1 Å². The van der Waals surface area contributed by atoms with Gasteiger partial charge in [-0.3, -0.25) is 13.9 Å². The van der Waals surface area contributed by atoms with Crippen molar-refractivity contribution in [3.63, 3.8) is 0 Å². The minimum Gasteiger partial charge on any atom is -0.385 e. The van der Waals surface area contributed by atoms with Crippen LogP contribution in [0.15, 0.2) is 27.8 Å². The highest BCUT2D eigenvalue weighted by Crippen LogP contribution is 2.26. The highest BCUT2D eigenvalue weighted by molar-refractivity contribution is 5.82. The molecule has 1 aliphatic carbocycles. The van der Waals surface area contributed by atoms with Gasteiger partial charge in [-0.1, -0.05) is 32.1 Å². The molecular weight excluding hydrogens is 314 g/mol. The minimum atomic E-state index is -0.174. The topological polar surface area (TPSA) is 56.0 Å². The number of rotatable bonds is 6. The van der Waals surface area contributed by atoms with Gasteiger partial charge >= 0.3 is 5.69 Å². The molecule has 0 aliphatic heterocycles. The molecular formula is C20H29N3O2. The second-order valence-corrected chi connectivity index (χ2v) is 7.04. The van der Waals surface area contributed by atoms with E-state index in [0.717, 1.165) is 24.2 Å². The lowest BCUT2D eigenvalue weighted by Gasteiger charge is -2.22. The molecule has 136 valence electrons. The standard InChI is InChI=1S/C20H29N3O2/c1-3-21-16-10-11-18-17(14-16)19(24)23(20(25)22(18)4-2)13-12-15-8-6-5-7-9-15/h10-11,14-15,21H,3-9,12-13H2,1-2H3. The van der Waals surface area contributed by atoms with Gasteiger partial charge < -0.3 is 5.32 Å². The molecule has 5 nitrogen and oxygen atoms in total. The molecule has 0 radical (unpaired) electrons. The number of hydrogen-bond donors (Lipinski definition) is 1. The maximum atomic E-state index is 13.0. The SMILES string of the molecule is CCNc1ccc2c(c1)c(=O)n(CCC1CCCCC1)c(=O)n2CC. The summed E-state index contributed by atoms with van der Waals surface area (Å²) in [4.78, 5) is 25.8. The average Bonchev–Trinajstić information content (AvgIpc) is 2.63. The van der Waals surface area contributed by atoms with Gasteiger partial charge in [0, 0.05) is 25.3 Å². The van der Waals surface area contributed by atoms with Crippen LogP contribution in [0.5, 0.6) is 0 Å². The van der Waals surface area contributed by atoms with Crippen LogP contribution in [0.4, 0.5) is 5.69 Å². The Labute approximate surface area is 148 Å². The van der Waals surface area contributed by atoms with E-state index in [-0.39, 0.29) is 11.2 Å². The van der Waals surface area contributed by atoms with Crippen LogP contribution in [0.2, 0.25) is 0 Å². The van der Waals surface area contributed by atoms with Crippen LogP contribution in [0.1, 0.15) is 52.4 Å². The van der Waals surface area contributed by atoms with Gasteiger partial charge in [0.15, 0.2) is 0 Å². The zero-order valence-corrected chi connectivity index (χ0v) is 15.4. The first-order valence-corrected chi connectivity index (χ1v) is 9.67. The van der Waals surface area contributed by atoms with E-state index in [1.54, 1.807) is 4.57 Å². The Balaban J connectivity index is 2.01. The number of benzene rings is 1. The zero-order valence-electron chi connectivity index (χ0n) is 15.4. The van der Waals surface area contributed by atoms with Crippen LogP contribution in [0, 0.1) is 5.92 Å². The van der Waals surface area contributed by atoms with Gasteiger partial charge in [-0.05, 0) is 44.4 Å². The fourth-order valence-electron chi connectivity index (χ4n) is 4.03. The second-order valence-electron chi connectivity index (χ2n) is 7.04. The summed E-state index contributed by atoms with van der Waals surface area (Å²) in [5.74, 6) is 0.652. The molecule has 1 saturated carbocycles. The van der Waals surface area contributed by atoms with E-state index in [4.69, 9.17) is 0 Å². The first-order valence-electron chi connectivity index (χ1n) is 9.67. The number of nitrogens with zero attached hydrogens (tertiary/aromatic N) is 2. The Morgan fingerprint density at radius 2 is 1.84 bits per heavy atom. The molecule has 0 spiro atoms. The second kappa shape index (κ2) is 7.89. The summed E-state index contributed by atoms with van der Waals surface area (Å²) in [6.07, 6.45) is 7.27. The molecule has 1 aromatic heterocycles. The Morgan fingerprint density at radius 3 is 2.52 bits per heavy atom. The van der Waals surface area contributed by atoms with Crippen molar-refractivity contribution in [2.45, 2.75) is 65.5 Å². The third-order valence-corrected chi connectivity index (χ3v) is 5.41. The largest absolute Gasteiger partial charge is 0.385 e. The zero-order chi connectivity index (χ0) is 17.8. The van der Waals surface area contributed by atoms with Gasteiger partial charge in [0.2, 0.25) is 0 Å². The molecule has 2 aromatic rings. The van der Waals surface area contributed by atoms with Gasteiger partial charge in [-0.25, -0.2) is 4.79 Å². The highest BCUT2D eigenvalue weighted by atomic mass is 16.2. The van der Waals surface area contributed by atoms with E-state index in [0.29, 0.717) is 24.4 Å². The minimum absolute atomic E-state index is 0.153. The number of anilines is 1. The van der Waals surface area contributed by atoms with E-state index in [1.807, 2.05) is 32.0 Å². The Hall–Kier alpha value is -2.04. The summed E-state index contributed by atoms with van der Waals surface area (Å²) in [5, 5.41) is 3.87. The normalized spacial score (nSPS) is 15.6. The molecule has 0 bridgehead atoms. The van der Waals surface area contributed by atoms with Crippen molar-refractivity contribution in [1.29, 1.82) is 0 Å². The fraction of sp³-hybridized carbons (Fsp3) is 0.600. The summed E-state index contributed by atoms with van der Waals surface area (Å²) in [5.41, 5.74) is 1.33. The molecule has 0 amide bonds. The smallest absolute Gasteiger partial charge is 0.331 e. The third kappa shape index (κ3) is 3.65. The summed E-state index contributed by atoms with van der Waals surface area (Å²) in [7, 11) is 0. The molecule has 3 rings (SSSR count). The predicted molar refractivity (Wildman–Crippen MR) is 103 cm³/mol. The van der Waals surface area contributed by atoms with Gasteiger partial charge in [-0.15, -0.1) is 0 Å². The monoisotopic (exact) mass is 343 g/mol. The maximum absolute atomic E-state index is 13.0. The van der Waals surface area contributed by atoms with E-state index in [2.05, 4.69) is 5.32 Å². The van der Waals surface area contributed by atoms with E-state index < -0.39 is 0 Å². The van der Waals surface area contributed by atoms with Crippen molar-refractivity contribution in [3.05, 3.63) is 39.0 Å². The molecule has 5 heteroatoms. The van der Waals surface area contributed by atoms with Crippen molar-refractivity contribution in [3.8, 4) is 0 Å². The van der Waals surface area contributed by atoms with Crippen molar-refractivity contribution >= 4 is 16.6 Å². The quantitative estimate of drug-likeness (QED) is 0.872. The predicted octanol–water partition coefficient (Wildman–Crippen LogP) is 3.59. The molecule has 1 aliphatic rings. The summed E-state index contributed by atoms with van der Waals surface area (Å²) >= 11 is 0. The number of hydrogen-bond acceptors (Lipinski definition) is 3. The molecule has 25 heavy (non-hydrogen) atoms. The van der Waals surface area contributed by atoms with Crippen LogP contribution < -0.4 is 16.6 Å². The average molecular weight is 343 g/mol. The molecule has 1 aromatic carbocycles. The van der Waals surface area contributed by atoms with Crippen LogP contribution in [0.25, 0.3) is 10.9 Å². The first-order chi connectivity index (χ1) is 12.2. The molecule has 0 saturated heterocycles. The van der Waals surface area contributed by atoms with Gasteiger partial charge in [-0.2, -0.15) is 0 Å². The highest BCUT2D eigenvalue weighted by Gasteiger charge is 2.17. The van der Waals surface area contributed by atoms with Crippen molar-refractivity contribution in [2.24, 2.45) is 5.92 Å². The van der Waals surface area contributed by atoms with E-state index in [1.165, 1.54) is 36.7 Å². The number of fused-ring (bicyclic) bond motifs is 1. The van der Waals surface area contributed by atoms with E-state index >= 15 is 0 Å². The van der Waals surface area contributed by atoms with Crippen molar-refractivity contribution in [2.75, 3.05) is 11.9 Å². The number of aromatic nitrogens is 2. The van der Waals surface area contributed by atoms with Gasteiger partial charge in [0.05, 0.1) is 10.9 Å². The van der Waals surface area contributed by atoms with Crippen LogP contribution >= 0.6 is 0 Å². The van der Waals surface area contributed by atoms with Crippen molar-refractivity contribution < 1.29 is 0 Å². The number of nitrogens with one attached hydrogen (secondary N) is 1. The fourth-order valence-corrected chi connectivity index (χ4v) is 4.03. The summed E-state index contributed by atoms with van der Waals surface area (Å²) < 4.78 is 3.17. The molecule has 1 fully saturated rings. The summed E-state index contributed by atoms with van der Waals surface area (Å²) in [6.45, 7) is 5.88. The Bertz CT molecular complexity index is 844. The Kier molecular flexibility index (Phi) is 5.61. The lowest BCUT2D eigenvalue weighted by Crippen LogP contribution is -2.40. The molecule has 0 unspecified atom stereocenters. The third-order valence-electron chi connectivity index (χ3n) is 5.41. The first kappa shape index (κ1) is 17.8. The van der Waals surface area contributed by atoms with Gasteiger partial charge in [0.1, 0.15) is 0 Å². The molecule has 1 N–H and O–H groups in total. The van der Waals surface area contributed by atoms with Crippen LogP contribution in [0.3, 0.4) is 0 Å². The lowest BCUT2D eigenvalue weighted by molar-refractivity contribution is 0.319. The number of aryl methyl sites for hydroxylation is 1. The summed E-state index contributed by atoms with van der Waals surface area (Å²) in [6, 6.07) is 5.69. The van der Waals surface area contributed by atoms with E-state index in [9.17, 15) is 9.59 Å². The van der Waals surface area contributed by atoms with Crippen molar-refractivity contribution in [1.82, 2.24) is 9.13 Å². The van der Waals surface area contributed by atoms with Crippen LogP contribution in [-0.4, -0.2) is 15.7 Å².